The van der Waals surface area contributed by atoms with Crippen LogP contribution in [-0.2, 0) is 28.6 Å². The van der Waals surface area contributed by atoms with Gasteiger partial charge in [0.1, 0.15) is 13.2 Å². The Labute approximate surface area is 450 Å². The molecular weight excluding hydrogens is 889 g/mol. The Balaban J connectivity index is 4.26. The van der Waals surface area contributed by atoms with Crippen molar-refractivity contribution in [3.63, 3.8) is 0 Å². The molecule has 0 rings (SSSR count). The molecule has 3 atom stereocenters. The van der Waals surface area contributed by atoms with Crippen LogP contribution < -0.4 is 0 Å². The van der Waals surface area contributed by atoms with Gasteiger partial charge in [-0.25, -0.2) is 0 Å². The van der Waals surface area contributed by atoms with Crippen LogP contribution in [0.2, 0.25) is 0 Å². The summed E-state index contributed by atoms with van der Waals surface area (Å²) in [5, 5.41) is 0. The third kappa shape index (κ3) is 56.1. The standard InChI is InChI=1S/C66H128O6/c1-6-9-10-11-12-13-14-15-26-31-36-41-46-51-56-64(67)70-59-63(60-71-65(68)57-52-47-42-37-32-27-23-22-25-30-35-40-45-50-55-62(5)8-3)72-66(69)58-53-48-43-38-33-28-21-19-17-16-18-20-24-29-34-39-44-49-54-61(4)7-2/h61-63H,6-60H2,1-5H3/t61?,62?,63-/m0/s1. The Morgan fingerprint density at radius 2 is 0.486 bits per heavy atom. The van der Waals surface area contributed by atoms with Crippen LogP contribution >= 0.6 is 0 Å². The lowest BCUT2D eigenvalue weighted by Gasteiger charge is -2.18. The monoisotopic (exact) mass is 1020 g/mol. The predicted molar refractivity (Wildman–Crippen MR) is 312 cm³/mol. The minimum Gasteiger partial charge on any atom is -0.462 e. The molecule has 72 heavy (non-hydrogen) atoms. The molecule has 0 saturated carbocycles. The molecule has 428 valence electrons. The van der Waals surface area contributed by atoms with Crippen LogP contribution in [-0.4, -0.2) is 37.2 Å². The first kappa shape index (κ1) is 70.4. The Morgan fingerprint density at radius 3 is 0.722 bits per heavy atom. The van der Waals surface area contributed by atoms with Gasteiger partial charge in [0.2, 0.25) is 0 Å². The summed E-state index contributed by atoms with van der Waals surface area (Å²) in [6.07, 6.45) is 65.2. The average molecular weight is 1020 g/mol. The van der Waals surface area contributed by atoms with Gasteiger partial charge in [0, 0.05) is 19.3 Å². The van der Waals surface area contributed by atoms with E-state index < -0.39 is 6.10 Å². The molecule has 0 bridgehead atoms. The lowest BCUT2D eigenvalue weighted by atomic mass is 9.99. The highest BCUT2D eigenvalue weighted by Crippen LogP contribution is 2.20. The first-order valence-corrected chi connectivity index (χ1v) is 32.8. The number of carbonyl (C=O) groups is 3. The summed E-state index contributed by atoms with van der Waals surface area (Å²) in [5.41, 5.74) is 0. The fourth-order valence-corrected chi connectivity index (χ4v) is 10.2. The molecule has 0 fully saturated rings. The summed E-state index contributed by atoms with van der Waals surface area (Å²) in [4.78, 5) is 38.3. The highest BCUT2D eigenvalue weighted by atomic mass is 16.6. The zero-order valence-electron chi connectivity index (χ0n) is 49.6. The molecule has 0 amide bonds. The van der Waals surface area contributed by atoms with Crippen molar-refractivity contribution >= 4 is 17.9 Å². The highest BCUT2D eigenvalue weighted by Gasteiger charge is 2.19. The number of rotatable bonds is 60. The number of ether oxygens (including phenoxy) is 3. The van der Waals surface area contributed by atoms with E-state index in [0.29, 0.717) is 19.3 Å². The minimum atomic E-state index is -0.764. The van der Waals surface area contributed by atoms with Crippen LogP contribution in [0.5, 0.6) is 0 Å². The quantitative estimate of drug-likeness (QED) is 0.0343. The smallest absolute Gasteiger partial charge is 0.306 e. The number of esters is 3. The largest absolute Gasteiger partial charge is 0.462 e. The fraction of sp³-hybridized carbons (Fsp3) is 0.955. The molecule has 0 saturated heterocycles. The number of carbonyl (C=O) groups excluding carboxylic acids is 3. The molecule has 0 heterocycles. The summed E-state index contributed by atoms with van der Waals surface area (Å²) in [6.45, 7) is 11.5. The van der Waals surface area contributed by atoms with Crippen LogP contribution in [0.3, 0.4) is 0 Å². The van der Waals surface area contributed by atoms with Crippen molar-refractivity contribution in [1.29, 1.82) is 0 Å². The minimum absolute atomic E-state index is 0.0617. The molecule has 0 aliphatic heterocycles. The van der Waals surface area contributed by atoms with Crippen molar-refractivity contribution in [3.05, 3.63) is 0 Å². The molecule has 0 N–H and O–H groups in total. The van der Waals surface area contributed by atoms with Crippen molar-refractivity contribution < 1.29 is 28.6 Å². The summed E-state index contributed by atoms with van der Waals surface area (Å²) in [7, 11) is 0. The molecule has 0 aliphatic carbocycles. The first-order chi connectivity index (χ1) is 35.3. The molecular formula is C66H128O6. The van der Waals surface area contributed by atoms with Gasteiger partial charge in [-0.1, -0.05) is 336 Å². The van der Waals surface area contributed by atoms with Gasteiger partial charge in [0.15, 0.2) is 6.10 Å². The Hall–Kier alpha value is -1.59. The second-order valence-electron chi connectivity index (χ2n) is 23.2. The van der Waals surface area contributed by atoms with Crippen LogP contribution in [0.4, 0.5) is 0 Å². The highest BCUT2D eigenvalue weighted by molar-refractivity contribution is 5.71. The molecule has 0 radical (unpaired) electrons. The zero-order valence-corrected chi connectivity index (χ0v) is 49.6. The number of unbranched alkanes of at least 4 members (excludes halogenated alkanes) is 43. The summed E-state index contributed by atoms with van der Waals surface area (Å²) >= 11 is 0. The van der Waals surface area contributed by atoms with Gasteiger partial charge >= 0.3 is 17.9 Å². The normalized spacial score (nSPS) is 12.8. The second kappa shape index (κ2) is 58.7. The van der Waals surface area contributed by atoms with Gasteiger partial charge in [-0.05, 0) is 31.1 Å². The third-order valence-corrected chi connectivity index (χ3v) is 15.9. The van der Waals surface area contributed by atoms with Crippen molar-refractivity contribution in [2.24, 2.45) is 11.8 Å². The van der Waals surface area contributed by atoms with Gasteiger partial charge in [0.05, 0.1) is 0 Å². The van der Waals surface area contributed by atoms with Gasteiger partial charge in [-0.3, -0.25) is 14.4 Å². The molecule has 0 aliphatic rings. The van der Waals surface area contributed by atoms with Crippen molar-refractivity contribution in [3.8, 4) is 0 Å². The van der Waals surface area contributed by atoms with E-state index in [1.807, 2.05) is 0 Å². The molecule has 0 aromatic carbocycles. The van der Waals surface area contributed by atoms with Gasteiger partial charge in [-0.15, -0.1) is 0 Å². The fourth-order valence-electron chi connectivity index (χ4n) is 10.2. The molecule has 6 heteroatoms. The van der Waals surface area contributed by atoms with E-state index in [2.05, 4.69) is 34.6 Å². The maximum Gasteiger partial charge on any atom is 0.306 e. The molecule has 2 unspecified atom stereocenters. The van der Waals surface area contributed by atoms with Crippen LogP contribution in [0.1, 0.15) is 375 Å². The zero-order chi connectivity index (χ0) is 52.5. The molecule has 6 nitrogen and oxygen atoms in total. The molecule has 0 aromatic heterocycles. The van der Waals surface area contributed by atoms with E-state index in [0.717, 1.165) is 69.6 Å². The van der Waals surface area contributed by atoms with Crippen LogP contribution in [0.15, 0.2) is 0 Å². The van der Waals surface area contributed by atoms with Gasteiger partial charge < -0.3 is 14.2 Å². The number of hydrogen-bond donors (Lipinski definition) is 0. The Bertz CT molecular complexity index is 1110. The summed E-state index contributed by atoms with van der Waals surface area (Å²) in [5.74, 6) is 0.975. The van der Waals surface area contributed by atoms with E-state index in [4.69, 9.17) is 14.2 Å². The second-order valence-corrected chi connectivity index (χ2v) is 23.2. The SMILES string of the molecule is CCCCCCCCCCCCCCCCC(=O)OC[C@@H](COC(=O)CCCCCCCCCCCCCCCCC(C)CC)OC(=O)CCCCCCCCCCCCCCCCCCCCC(C)CC. The lowest BCUT2D eigenvalue weighted by Crippen LogP contribution is -2.30. The van der Waals surface area contributed by atoms with Gasteiger partial charge in [-0.2, -0.15) is 0 Å². The van der Waals surface area contributed by atoms with Crippen LogP contribution in [0, 0.1) is 11.8 Å². The molecule has 0 spiro atoms. The predicted octanol–water partition coefficient (Wildman–Crippen LogP) is 22.0. The average Bonchev–Trinajstić information content (AvgIpc) is 3.38. The van der Waals surface area contributed by atoms with Gasteiger partial charge in [0.25, 0.3) is 0 Å². The van der Waals surface area contributed by atoms with Crippen LogP contribution in [0.25, 0.3) is 0 Å². The van der Waals surface area contributed by atoms with E-state index in [1.54, 1.807) is 0 Å². The number of hydrogen-bond acceptors (Lipinski definition) is 6. The maximum atomic E-state index is 12.9. The Morgan fingerprint density at radius 1 is 0.278 bits per heavy atom. The lowest BCUT2D eigenvalue weighted by molar-refractivity contribution is -0.167. The topological polar surface area (TPSA) is 78.9 Å². The van der Waals surface area contributed by atoms with Crippen molar-refractivity contribution in [2.75, 3.05) is 13.2 Å². The van der Waals surface area contributed by atoms with E-state index in [9.17, 15) is 14.4 Å². The first-order valence-electron chi connectivity index (χ1n) is 32.8. The third-order valence-electron chi connectivity index (χ3n) is 15.9. The summed E-state index contributed by atoms with van der Waals surface area (Å²) < 4.78 is 17.0. The molecule has 0 aromatic rings. The summed E-state index contributed by atoms with van der Waals surface area (Å²) in [6, 6.07) is 0. The Kier molecular flexibility index (Phi) is 57.4. The van der Waals surface area contributed by atoms with E-state index in [-0.39, 0.29) is 31.1 Å². The van der Waals surface area contributed by atoms with E-state index >= 15 is 0 Å². The van der Waals surface area contributed by atoms with Crippen molar-refractivity contribution in [2.45, 2.75) is 381 Å². The maximum absolute atomic E-state index is 12.9. The van der Waals surface area contributed by atoms with Crippen molar-refractivity contribution in [1.82, 2.24) is 0 Å². The van der Waals surface area contributed by atoms with E-state index in [1.165, 1.54) is 263 Å².